The van der Waals surface area contributed by atoms with Crippen molar-refractivity contribution in [1.82, 2.24) is 9.36 Å². The molecule has 14 heavy (non-hydrogen) atoms. The monoisotopic (exact) mass is 215 g/mol. The Hall–Kier alpha value is -0.720. The first kappa shape index (κ1) is 9.82. The predicted octanol–water partition coefficient (Wildman–Crippen LogP) is 0.181. The van der Waals surface area contributed by atoms with E-state index >= 15 is 0 Å². The normalized spacial score (nSPS) is 18.1. The van der Waals surface area contributed by atoms with E-state index in [2.05, 4.69) is 14.7 Å². The molecule has 1 aliphatic rings. The molecule has 3 N–H and O–H groups in total. The summed E-state index contributed by atoms with van der Waals surface area (Å²) in [6.07, 6.45) is 1.65. The van der Waals surface area contributed by atoms with Crippen LogP contribution in [0, 0.1) is 0 Å². The fraction of sp³-hybridized carbons (Fsp3) is 0.750. The maximum atomic E-state index is 9.09. The average Bonchev–Trinajstić information content (AvgIpc) is 2.95. The summed E-state index contributed by atoms with van der Waals surface area (Å²) < 4.78 is 4.21. The molecule has 5 nitrogen and oxygen atoms in total. The van der Waals surface area contributed by atoms with Crippen molar-refractivity contribution in [1.29, 1.82) is 0 Å². The quantitative estimate of drug-likeness (QED) is 0.653. The van der Waals surface area contributed by atoms with Crippen molar-refractivity contribution >= 4 is 16.7 Å². The fourth-order valence-electron chi connectivity index (χ4n) is 1.08. The van der Waals surface area contributed by atoms with Crippen molar-refractivity contribution in [3.05, 3.63) is 5.82 Å². The van der Waals surface area contributed by atoms with Crippen LogP contribution in [0.5, 0.6) is 0 Å². The highest BCUT2D eigenvalue weighted by Gasteiger charge is 2.27. The Morgan fingerprint density at radius 2 is 2.36 bits per heavy atom. The molecule has 1 aromatic heterocycles. The van der Waals surface area contributed by atoms with Crippen LogP contribution in [0.25, 0.3) is 0 Å². The number of hydrogen-bond donors (Lipinski definition) is 3. The summed E-state index contributed by atoms with van der Waals surface area (Å²) in [4.78, 5) is 4.28. The van der Waals surface area contributed by atoms with Gasteiger partial charge in [-0.05, 0) is 12.8 Å². The van der Waals surface area contributed by atoms with Gasteiger partial charge in [0.2, 0.25) is 5.13 Å². The third-order valence-electron chi connectivity index (χ3n) is 2.08. The summed E-state index contributed by atoms with van der Waals surface area (Å²) in [5, 5.41) is 21.3. The van der Waals surface area contributed by atoms with E-state index in [-0.39, 0.29) is 6.61 Å². The van der Waals surface area contributed by atoms with E-state index in [0.717, 1.165) is 11.0 Å². The van der Waals surface area contributed by atoms with Crippen molar-refractivity contribution in [2.75, 3.05) is 18.5 Å². The van der Waals surface area contributed by atoms with Crippen molar-refractivity contribution in [2.45, 2.75) is 24.9 Å². The summed E-state index contributed by atoms with van der Waals surface area (Å²) in [6.45, 7) is 0.0804. The third-order valence-corrected chi connectivity index (χ3v) is 2.77. The van der Waals surface area contributed by atoms with Gasteiger partial charge in [0.25, 0.3) is 0 Å². The maximum absolute atomic E-state index is 9.09. The van der Waals surface area contributed by atoms with Crippen molar-refractivity contribution in [2.24, 2.45) is 0 Å². The predicted molar refractivity (Wildman–Crippen MR) is 53.5 cm³/mol. The maximum Gasteiger partial charge on any atom is 0.202 e. The summed E-state index contributed by atoms with van der Waals surface area (Å²) in [5.41, 5.74) is 0. The van der Waals surface area contributed by atoms with Crippen LogP contribution in [-0.4, -0.2) is 38.8 Å². The second-order valence-corrected chi connectivity index (χ2v) is 4.20. The minimum atomic E-state index is -0.733. The van der Waals surface area contributed by atoms with Gasteiger partial charge in [-0.2, -0.15) is 4.37 Å². The second kappa shape index (κ2) is 4.20. The van der Waals surface area contributed by atoms with Crippen LogP contribution < -0.4 is 5.32 Å². The summed E-state index contributed by atoms with van der Waals surface area (Å²) in [7, 11) is 0. The molecule has 0 amide bonds. The van der Waals surface area contributed by atoms with E-state index in [1.165, 1.54) is 24.4 Å². The number of aliphatic hydroxyl groups is 2. The molecule has 1 fully saturated rings. The molecule has 1 atom stereocenters. The molecular formula is C8H13N3O2S. The minimum absolute atomic E-state index is 0.235. The van der Waals surface area contributed by atoms with Gasteiger partial charge in [-0.3, -0.25) is 0 Å². The molecule has 0 aliphatic heterocycles. The van der Waals surface area contributed by atoms with Gasteiger partial charge < -0.3 is 15.5 Å². The number of anilines is 1. The first-order valence-corrected chi connectivity index (χ1v) is 5.43. The second-order valence-electron chi connectivity index (χ2n) is 3.45. The van der Waals surface area contributed by atoms with Gasteiger partial charge in [0.1, 0.15) is 5.82 Å². The van der Waals surface area contributed by atoms with Gasteiger partial charge in [0, 0.05) is 24.0 Å². The van der Waals surface area contributed by atoms with E-state index in [4.69, 9.17) is 10.2 Å². The molecule has 1 aliphatic carbocycles. The lowest BCUT2D eigenvalue weighted by Crippen LogP contribution is -2.22. The molecule has 0 aromatic carbocycles. The van der Waals surface area contributed by atoms with Crippen LogP contribution in [0.3, 0.4) is 0 Å². The van der Waals surface area contributed by atoms with Gasteiger partial charge in [0.15, 0.2) is 0 Å². The molecule has 2 rings (SSSR count). The first-order chi connectivity index (χ1) is 6.79. The van der Waals surface area contributed by atoms with Gasteiger partial charge >= 0.3 is 0 Å². The Labute approximate surface area is 86.0 Å². The number of hydrogen-bond acceptors (Lipinski definition) is 6. The highest BCUT2D eigenvalue weighted by atomic mass is 32.1. The van der Waals surface area contributed by atoms with Crippen molar-refractivity contribution < 1.29 is 10.2 Å². The Kier molecular flexibility index (Phi) is 2.95. The zero-order valence-electron chi connectivity index (χ0n) is 7.68. The Morgan fingerprint density at radius 3 is 3.00 bits per heavy atom. The Bertz CT molecular complexity index is 301. The lowest BCUT2D eigenvalue weighted by molar-refractivity contribution is 0.105. The van der Waals surface area contributed by atoms with Crippen LogP contribution in [-0.2, 0) is 0 Å². The number of aromatic nitrogens is 2. The molecule has 0 radical (unpaired) electrons. The molecular weight excluding hydrogens is 202 g/mol. The summed E-state index contributed by atoms with van der Waals surface area (Å²) >= 11 is 1.31. The molecule has 6 heteroatoms. The van der Waals surface area contributed by atoms with Gasteiger partial charge in [0.05, 0.1) is 12.7 Å². The zero-order valence-corrected chi connectivity index (χ0v) is 8.50. The Balaban J connectivity index is 1.83. The minimum Gasteiger partial charge on any atom is -0.394 e. The van der Waals surface area contributed by atoms with Gasteiger partial charge in [-0.15, -0.1) is 0 Å². The lowest BCUT2D eigenvalue weighted by Gasteiger charge is -2.06. The molecule has 0 bridgehead atoms. The third kappa shape index (κ3) is 2.40. The molecule has 78 valence electrons. The van der Waals surface area contributed by atoms with Gasteiger partial charge in [-0.25, -0.2) is 4.98 Å². The highest BCUT2D eigenvalue weighted by molar-refractivity contribution is 7.09. The first-order valence-electron chi connectivity index (χ1n) is 4.66. The Morgan fingerprint density at radius 1 is 1.57 bits per heavy atom. The SMILES string of the molecule is OCC(O)CNc1nc(C2CC2)ns1. The van der Waals surface area contributed by atoms with E-state index in [0.29, 0.717) is 12.5 Å². The molecule has 1 heterocycles. The van der Waals surface area contributed by atoms with Gasteiger partial charge in [-0.1, -0.05) is 0 Å². The standard InChI is InChI=1S/C8H13N3O2S/c12-4-6(13)3-9-8-10-7(11-14-8)5-1-2-5/h5-6,12-13H,1-4H2,(H,9,10,11). The van der Waals surface area contributed by atoms with Crippen molar-refractivity contribution in [3.8, 4) is 0 Å². The average molecular weight is 215 g/mol. The summed E-state index contributed by atoms with van der Waals surface area (Å²) in [6, 6.07) is 0. The number of nitrogens with zero attached hydrogens (tertiary/aromatic N) is 2. The van der Waals surface area contributed by atoms with Crippen LogP contribution in [0.4, 0.5) is 5.13 Å². The van der Waals surface area contributed by atoms with E-state index in [1.807, 2.05) is 0 Å². The molecule has 1 unspecified atom stereocenters. The van der Waals surface area contributed by atoms with E-state index in [1.54, 1.807) is 0 Å². The van der Waals surface area contributed by atoms with E-state index in [9.17, 15) is 0 Å². The van der Waals surface area contributed by atoms with E-state index < -0.39 is 6.10 Å². The van der Waals surface area contributed by atoms with Crippen molar-refractivity contribution in [3.63, 3.8) is 0 Å². The van der Waals surface area contributed by atoms with Crippen LogP contribution >= 0.6 is 11.5 Å². The fourth-order valence-corrected chi connectivity index (χ4v) is 1.74. The molecule has 0 saturated heterocycles. The highest BCUT2D eigenvalue weighted by Crippen LogP contribution is 2.39. The zero-order chi connectivity index (χ0) is 9.97. The van der Waals surface area contributed by atoms with Crippen LogP contribution in [0.2, 0.25) is 0 Å². The molecule has 1 aromatic rings. The number of rotatable bonds is 5. The largest absolute Gasteiger partial charge is 0.394 e. The topological polar surface area (TPSA) is 78.3 Å². The van der Waals surface area contributed by atoms with Crippen LogP contribution in [0.1, 0.15) is 24.6 Å². The number of nitrogens with one attached hydrogen (secondary N) is 1. The summed E-state index contributed by atoms with van der Waals surface area (Å²) in [5.74, 6) is 1.47. The lowest BCUT2D eigenvalue weighted by atomic mass is 10.4. The van der Waals surface area contributed by atoms with Crippen LogP contribution in [0.15, 0.2) is 0 Å². The molecule has 0 spiro atoms. The number of aliphatic hydroxyl groups excluding tert-OH is 2. The smallest absolute Gasteiger partial charge is 0.202 e. The molecule has 1 saturated carbocycles.